The average Bonchev–Trinajstić information content (AvgIpc) is 2.39. The fraction of sp³-hybridized carbons (Fsp3) is 0.571. The van der Waals surface area contributed by atoms with Gasteiger partial charge in [-0.15, -0.1) is 0 Å². The van der Waals surface area contributed by atoms with E-state index in [0.29, 0.717) is 24.5 Å². The van der Waals surface area contributed by atoms with E-state index in [-0.39, 0.29) is 12.0 Å². The fourth-order valence-electron chi connectivity index (χ4n) is 2.50. The molecule has 1 aliphatic heterocycles. The van der Waals surface area contributed by atoms with E-state index in [1.807, 2.05) is 32.9 Å². The Kier molecular flexibility index (Phi) is 4.28. The molecule has 1 saturated heterocycles. The third-order valence-corrected chi connectivity index (χ3v) is 5.66. The fourth-order valence-corrected chi connectivity index (χ4v) is 4.48. The van der Waals surface area contributed by atoms with E-state index in [4.69, 9.17) is 0 Å². The van der Waals surface area contributed by atoms with Crippen LogP contribution in [0.2, 0.25) is 0 Å². The largest absolute Gasteiger partial charge is 0.314 e. The number of nitrogens with one attached hydrogen (secondary N) is 1. The summed E-state index contributed by atoms with van der Waals surface area (Å²) in [4.78, 5) is 0.457. The van der Waals surface area contributed by atoms with Gasteiger partial charge < -0.3 is 5.32 Å². The summed E-state index contributed by atoms with van der Waals surface area (Å²) in [6.07, 6.45) is 0. The highest BCUT2D eigenvalue weighted by molar-refractivity contribution is 7.89. The van der Waals surface area contributed by atoms with Crippen molar-refractivity contribution in [3.63, 3.8) is 0 Å². The van der Waals surface area contributed by atoms with E-state index in [0.717, 1.165) is 5.56 Å². The predicted octanol–water partition coefficient (Wildman–Crippen LogP) is 1.79. The second-order valence-electron chi connectivity index (χ2n) is 5.36. The zero-order valence-corrected chi connectivity index (χ0v) is 12.6. The summed E-state index contributed by atoms with van der Waals surface area (Å²) in [5, 5.41) is 3.22. The quantitative estimate of drug-likeness (QED) is 0.919. The van der Waals surface area contributed by atoms with Crippen molar-refractivity contribution in [3.05, 3.63) is 29.8 Å². The maximum atomic E-state index is 12.8. The van der Waals surface area contributed by atoms with Gasteiger partial charge in [-0.25, -0.2) is 8.42 Å². The molecule has 1 N–H and O–H groups in total. The molecule has 0 unspecified atom stereocenters. The first-order valence-corrected chi connectivity index (χ1v) is 8.20. The minimum Gasteiger partial charge on any atom is -0.314 e. The highest BCUT2D eigenvalue weighted by Gasteiger charge is 2.32. The first kappa shape index (κ1) is 14.5. The third kappa shape index (κ3) is 2.83. The van der Waals surface area contributed by atoms with Gasteiger partial charge in [-0.3, -0.25) is 0 Å². The molecule has 0 aliphatic carbocycles. The van der Waals surface area contributed by atoms with Crippen LogP contribution in [0.15, 0.2) is 29.2 Å². The summed E-state index contributed by atoms with van der Waals surface area (Å²) < 4.78 is 27.3. The van der Waals surface area contributed by atoms with E-state index in [1.54, 1.807) is 16.4 Å². The Balaban J connectivity index is 2.44. The zero-order chi connectivity index (χ0) is 14.0. The molecule has 106 valence electrons. The second-order valence-corrected chi connectivity index (χ2v) is 7.22. The highest BCUT2D eigenvalue weighted by Crippen LogP contribution is 2.27. The van der Waals surface area contributed by atoms with Gasteiger partial charge in [-0.05, 0) is 24.5 Å². The molecule has 0 bridgehead atoms. The molecule has 0 saturated carbocycles. The third-order valence-electron chi connectivity index (χ3n) is 3.57. The summed E-state index contributed by atoms with van der Waals surface area (Å²) in [7, 11) is -3.39. The van der Waals surface area contributed by atoms with Crippen LogP contribution in [0.4, 0.5) is 0 Å². The normalized spacial score (nSPS) is 21.8. The smallest absolute Gasteiger partial charge is 0.243 e. The summed E-state index contributed by atoms with van der Waals surface area (Å²) in [5.74, 6) is 0.198. The van der Waals surface area contributed by atoms with Gasteiger partial charge >= 0.3 is 0 Å². The second kappa shape index (κ2) is 5.61. The molecule has 1 fully saturated rings. The molecule has 2 rings (SSSR count). The van der Waals surface area contributed by atoms with Crippen LogP contribution in [0.3, 0.4) is 0 Å². The number of hydrogen-bond donors (Lipinski definition) is 1. The molecule has 1 aromatic rings. The Labute approximate surface area is 115 Å². The lowest BCUT2D eigenvalue weighted by Crippen LogP contribution is -2.52. The molecule has 1 aliphatic rings. The number of nitrogens with zero attached hydrogens (tertiary/aromatic N) is 1. The number of rotatable bonds is 3. The standard InChI is InChI=1S/C14H22N2O2S/c1-11(2)13-6-4-5-7-14(13)19(17,18)16-9-8-15-10-12(16)3/h4-7,11-12,15H,8-10H2,1-3H3/t12-/m1/s1. The van der Waals surface area contributed by atoms with Crippen LogP contribution < -0.4 is 5.32 Å². The minimum atomic E-state index is -3.39. The van der Waals surface area contributed by atoms with E-state index in [2.05, 4.69) is 5.32 Å². The maximum absolute atomic E-state index is 12.8. The number of piperazine rings is 1. The van der Waals surface area contributed by atoms with E-state index in [9.17, 15) is 8.42 Å². The lowest BCUT2D eigenvalue weighted by atomic mass is 10.0. The molecule has 1 atom stereocenters. The summed E-state index contributed by atoms with van der Waals surface area (Å²) >= 11 is 0. The van der Waals surface area contributed by atoms with Gasteiger partial charge in [-0.1, -0.05) is 32.0 Å². The van der Waals surface area contributed by atoms with E-state index >= 15 is 0 Å². The number of benzene rings is 1. The molecule has 5 heteroatoms. The zero-order valence-electron chi connectivity index (χ0n) is 11.8. The van der Waals surface area contributed by atoms with Crippen molar-refractivity contribution in [1.82, 2.24) is 9.62 Å². The minimum absolute atomic E-state index is 0.000955. The van der Waals surface area contributed by atoms with Gasteiger partial charge in [0.05, 0.1) is 4.90 Å². The van der Waals surface area contributed by atoms with Gasteiger partial charge in [0.2, 0.25) is 10.0 Å². The topological polar surface area (TPSA) is 49.4 Å². The van der Waals surface area contributed by atoms with Crippen LogP contribution in [0.5, 0.6) is 0 Å². The molecular formula is C14H22N2O2S. The molecule has 0 radical (unpaired) electrons. The molecule has 0 aromatic heterocycles. The lowest BCUT2D eigenvalue weighted by Gasteiger charge is -2.33. The van der Waals surface area contributed by atoms with Gasteiger partial charge in [0.15, 0.2) is 0 Å². The summed E-state index contributed by atoms with van der Waals surface area (Å²) in [5.41, 5.74) is 0.897. The van der Waals surface area contributed by atoms with Crippen LogP contribution in [-0.4, -0.2) is 38.4 Å². The average molecular weight is 282 g/mol. The summed E-state index contributed by atoms with van der Waals surface area (Å²) in [6, 6.07) is 7.32. The molecular weight excluding hydrogens is 260 g/mol. The predicted molar refractivity (Wildman–Crippen MR) is 76.8 cm³/mol. The summed E-state index contributed by atoms with van der Waals surface area (Å²) in [6.45, 7) is 7.96. The molecule has 4 nitrogen and oxygen atoms in total. The number of hydrogen-bond acceptors (Lipinski definition) is 3. The molecule has 1 heterocycles. The van der Waals surface area contributed by atoms with Crippen molar-refractivity contribution in [2.24, 2.45) is 0 Å². The van der Waals surface area contributed by atoms with Crippen molar-refractivity contribution in [2.45, 2.75) is 37.6 Å². The monoisotopic (exact) mass is 282 g/mol. The molecule has 1 aromatic carbocycles. The van der Waals surface area contributed by atoms with Crippen molar-refractivity contribution in [1.29, 1.82) is 0 Å². The van der Waals surface area contributed by atoms with Crippen molar-refractivity contribution in [3.8, 4) is 0 Å². The Morgan fingerprint density at radius 1 is 1.32 bits per heavy atom. The van der Waals surface area contributed by atoms with Gasteiger partial charge in [0.1, 0.15) is 0 Å². The van der Waals surface area contributed by atoms with Crippen LogP contribution >= 0.6 is 0 Å². The Hall–Kier alpha value is -0.910. The van der Waals surface area contributed by atoms with E-state index < -0.39 is 10.0 Å². The van der Waals surface area contributed by atoms with E-state index in [1.165, 1.54) is 0 Å². The maximum Gasteiger partial charge on any atom is 0.243 e. The lowest BCUT2D eigenvalue weighted by molar-refractivity contribution is 0.283. The van der Waals surface area contributed by atoms with Gasteiger partial charge in [-0.2, -0.15) is 4.31 Å². The van der Waals surface area contributed by atoms with Crippen LogP contribution in [0, 0.1) is 0 Å². The first-order chi connectivity index (χ1) is 8.94. The van der Waals surface area contributed by atoms with Crippen LogP contribution in [-0.2, 0) is 10.0 Å². The molecule has 0 spiro atoms. The van der Waals surface area contributed by atoms with Gasteiger partial charge in [0, 0.05) is 25.7 Å². The SMILES string of the molecule is CC(C)c1ccccc1S(=O)(=O)N1CCNC[C@H]1C. The number of sulfonamides is 1. The van der Waals surface area contributed by atoms with Crippen LogP contribution in [0.1, 0.15) is 32.3 Å². The molecule has 19 heavy (non-hydrogen) atoms. The van der Waals surface area contributed by atoms with Crippen molar-refractivity contribution in [2.75, 3.05) is 19.6 Å². The van der Waals surface area contributed by atoms with Crippen molar-refractivity contribution < 1.29 is 8.42 Å². The Morgan fingerprint density at radius 2 is 2.00 bits per heavy atom. The van der Waals surface area contributed by atoms with Crippen molar-refractivity contribution >= 4 is 10.0 Å². The Bertz CT molecular complexity index is 540. The molecule has 0 amide bonds. The highest BCUT2D eigenvalue weighted by atomic mass is 32.2. The van der Waals surface area contributed by atoms with Crippen LogP contribution in [0.25, 0.3) is 0 Å². The van der Waals surface area contributed by atoms with Gasteiger partial charge in [0.25, 0.3) is 0 Å². The Morgan fingerprint density at radius 3 is 2.63 bits per heavy atom. The first-order valence-electron chi connectivity index (χ1n) is 6.76.